The predicted molar refractivity (Wildman–Crippen MR) is 102 cm³/mol. The molecule has 6 nitrogen and oxygen atoms in total. The van der Waals surface area contributed by atoms with Crippen molar-refractivity contribution in [1.29, 1.82) is 0 Å². The van der Waals surface area contributed by atoms with Crippen molar-refractivity contribution in [1.82, 2.24) is 5.32 Å². The van der Waals surface area contributed by atoms with E-state index < -0.39 is 6.10 Å². The lowest BCUT2D eigenvalue weighted by atomic mass is 10.1. The first-order valence-electron chi connectivity index (χ1n) is 8.69. The summed E-state index contributed by atoms with van der Waals surface area (Å²) in [7, 11) is 0. The Bertz CT molecular complexity index is 729. The lowest BCUT2D eigenvalue weighted by Gasteiger charge is -2.16. The number of aliphatic hydroxyl groups excluding tert-OH is 1. The number of carbonyl (C=O) groups is 1. The van der Waals surface area contributed by atoms with Gasteiger partial charge in [0, 0.05) is 18.2 Å². The van der Waals surface area contributed by atoms with Crippen molar-refractivity contribution in [3.63, 3.8) is 0 Å². The highest BCUT2D eigenvalue weighted by Crippen LogP contribution is 2.27. The molecule has 0 saturated carbocycles. The van der Waals surface area contributed by atoms with E-state index in [0.29, 0.717) is 30.0 Å². The van der Waals surface area contributed by atoms with Crippen molar-refractivity contribution >= 4 is 11.6 Å². The van der Waals surface area contributed by atoms with Gasteiger partial charge in [0.15, 0.2) is 0 Å². The molecule has 2 aromatic carbocycles. The number of hydrogen-bond acceptors (Lipinski definition) is 5. The minimum absolute atomic E-state index is 0.0583. The second-order valence-corrected chi connectivity index (χ2v) is 6.27. The van der Waals surface area contributed by atoms with E-state index in [9.17, 15) is 15.0 Å². The van der Waals surface area contributed by atoms with Gasteiger partial charge in [0.05, 0.1) is 18.4 Å². The van der Waals surface area contributed by atoms with Crippen LogP contribution in [0.3, 0.4) is 0 Å². The molecule has 0 aliphatic heterocycles. The number of hydrogen-bond donors (Lipinski definition) is 4. The second kappa shape index (κ2) is 9.22. The van der Waals surface area contributed by atoms with Gasteiger partial charge in [0.1, 0.15) is 11.5 Å². The highest BCUT2D eigenvalue weighted by Gasteiger charge is 2.14. The molecule has 140 valence electrons. The smallest absolute Gasteiger partial charge is 0.255 e. The Morgan fingerprint density at radius 2 is 1.85 bits per heavy atom. The number of amides is 1. The normalized spacial score (nSPS) is 12.0. The Labute approximate surface area is 153 Å². The quantitative estimate of drug-likeness (QED) is 0.545. The zero-order valence-corrected chi connectivity index (χ0v) is 15.3. The van der Waals surface area contributed by atoms with Gasteiger partial charge in [-0.25, -0.2) is 0 Å². The molecule has 0 radical (unpaired) electrons. The van der Waals surface area contributed by atoms with Gasteiger partial charge >= 0.3 is 0 Å². The van der Waals surface area contributed by atoms with E-state index in [-0.39, 0.29) is 23.4 Å². The third kappa shape index (κ3) is 5.47. The largest absolute Gasteiger partial charge is 0.506 e. The highest BCUT2D eigenvalue weighted by atomic mass is 16.5. The van der Waals surface area contributed by atoms with E-state index in [2.05, 4.69) is 10.6 Å². The summed E-state index contributed by atoms with van der Waals surface area (Å²) in [5.74, 6) is 0.280. The highest BCUT2D eigenvalue weighted by molar-refractivity contribution is 6.05. The van der Waals surface area contributed by atoms with Gasteiger partial charge < -0.3 is 25.6 Å². The zero-order valence-electron chi connectivity index (χ0n) is 15.3. The van der Waals surface area contributed by atoms with Gasteiger partial charge in [0.25, 0.3) is 5.91 Å². The van der Waals surface area contributed by atoms with E-state index in [0.717, 1.165) is 0 Å². The number of ether oxygens (including phenoxy) is 1. The molecule has 1 unspecified atom stereocenters. The molecule has 0 heterocycles. The molecule has 0 fully saturated rings. The van der Waals surface area contributed by atoms with Crippen LogP contribution < -0.4 is 15.4 Å². The summed E-state index contributed by atoms with van der Waals surface area (Å²) in [5.41, 5.74) is 1.31. The van der Waals surface area contributed by atoms with Gasteiger partial charge in [-0.2, -0.15) is 0 Å². The molecule has 1 atom stereocenters. The summed E-state index contributed by atoms with van der Waals surface area (Å²) in [6, 6.07) is 11.7. The average molecular weight is 358 g/mol. The van der Waals surface area contributed by atoms with Gasteiger partial charge in [-0.15, -0.1) is 0 Å². The fraction of sp³-hybridized carbons (Fsp3) is 0.350. The summed E-state index contributed by atoms with van der Waals surface area (Å²) < 4.78 is 5.35. The molecule has 2 aromatic rings. The van der Waals surface area contributed by atoms with Gasteiger partial charge in [-0.1, -0.05) is 19.9 Å². The van der Waals surface area contributed by atoms with Crippen LogP contribution in [-0.4, -0.2) is 35.3 Å². The molecule has 0 aliphatic carbocycles. The van der Waals surface area contributed by atoms with Crippen molar-refractivity contribution in [2.45, 2.75) is 32.9 Å². The Morgan fingerprint density at radius 1 is 1.15 bits per heavy atom. The SMILES string of the molecule is CCOc1ccc(C(=O)Nc2cc(C(O)CNC(C)C)ccc2O)cc1. The molecule has 26 heavy (non-hydrogen) atoms. The summed E-state index contributed by atoms with van der Waals surface area (Å²) in [6.45, 7) is 6.81. The number of anilines is 1. The fourth-order valence-electron chi connectivity index (χ4n) is 2.39. The monoisotopic (exact) mass is 358 g/mol. The van der Waals surface area contributed by atoms with Gasteiger partial charge in [-0.05, 0) is 48.9 Å². The Balaban J connectivity index is 2.10. The van der Waals surface area contributed by atoms with Crippen molar-refractivity contribution in [2.75, 3.05) is 18.5 Å². The first-order valence-corrected chi connectivity index (χ1v) is 8.69. The minimum atomic E-state index is -0.737. The molecule has 0 saturated heterocycles. The molecular weight excluding hydrogens is 332 g/mol. The maximum absolute atomic E-state index is 12.4. The summed E-state index contributed by atoms with van der Waals surface area (Å²) in [5, 5.41) is 26.1. The maximum Gasteiger partial charge on any atom is 0.255 e. The standard InChI is InChI=1S/C20H26N2O4/c1-4-26-16-8-5-14(6-9-16)20(25)22-17-11-15(7-10-18(17)23)19(24)12-21-13(2)3/h5-11,13,19,21,23-24H,4,12H2,1-3H3,(H,22,25). The number of nitrogens with one attached hydrogen (secondary N) is 2. The van der Waals surface area contributed by atoms with Crippen LogP contribution in [0.5, 0.6) is 11.5 Å². The Morgan fingerprint density at radius 3 is 2.46 bits per heavy atom. The maximum atomic E-state index is 12.4. The Hall–Kier alpha value is -2.57. The molecule has 4 N–H and O–H groups in total. The fourth-order valence-corrected chi connectivity index (χ4v) is 2.39. The minimum Gasteiger partial charge on any atom is -0.506 e. The zero-order chi connectivity index (χ0) is 19.1. The van der Waals surface area contributed by atoms with Gasteiger partial charge in [-0.3, -0.25) is 4.79 Å². The topological polar surface area (TPSA) is 90.8 Å². The van der Waals surface area contributed by atoms with Crippen LogP contribution in [0.25, 0.3) is 0 Å². The van der Waals surface area contributed by atoms with E-state index >= 15 is 0 Å². The number of aromatic hydroxyl groups is 1. The summed E-state index contributed by atoms with van der Waals surface area (Å²) in [4.78, 5) is 12.4. The molecule has 0 spiro atoms. The van der Waals surface area contributed by atoms with Gasteiger partial charge in [0.2, 0.25) is 0 Å². The molecule has 0 bridgehead atoms. The van der Waals surface area contributed by atoms with Crippen molar-refractivity contribution in [3.05, 3.63) is 53.6 Å². The lowest BCUT2D eigenvalue weighted by molar-refractivity contribution is 0.102. The van der Waals surface area contributed by atoms with E-state index in [1.165, 1.54) is 6.07 Å². The van der Waals surface area contributed by atoms with Crippen LogP contribution in [0.2, 0.25) is 0 Å². The van der Waals surface area contributed by atoms with Crippen molar-refractivity contribution in [3.8, 4) is 11.5 Å². The number of benzene rings is 2. The first kappa shape index (κ1) is 19.8. The number of phenolic OH excluding ortho intramolecular Hbond substituents is 1. The summed E-state index contributed by atoms with van der Waals surface area (Å²) in [6.07, 6.45) is -0.737. The average Bonchev–Trinajstić information content (AvgIpc) is 2.62. The lowest BCUT2D eigenvalue weighted by Crippen LogP contribution is -2.27. The van der Waals surface area contributed by atoms with Crippen LogP contribution in [0.4, 0.5) is 5.69 Å². The molecule has 1 amide bonds. The van der Waals surface area contributed by atoms with Crippen LogP contribution in [0.15, 0.2) is 42.5 Å². The first-order chi connectivity index (χ1) is 12.4. The van der Waals surface area contributed by atoms with E-state index in [4.69, 9.17) is 4.74 Å². The van der Waals surface area contributed by atoms with E-state index in [1.54, 1.807) is 36.4 Å². The predicted octanol–water partition coefficient (Wildman–Crippen LogP) is 3.07. The van der Waals surface area contributed by atoms with Crippen molar-refractivity contribution < 1.29 is 19.7 Å². The number of aliphatic hydroxyl groups is 1. The molecule has 0 aromatic heterocycles. The number of phenols is 1. The van der Waals surface area contributed by atoms with E-state index in [1.807, 2.05) is 20.8 Å². The Kier molecular flexibility index (Phi) is 7.00. The van der Waals surface area contributed by atoms with Crippen LogP contribution >= 0.6 is 0 Å². The molecular formula is C20H26N2O4. The second-order valence-electron chi connectivity index (χ2n) is 6.27. The summed E-state index contributed by atoms with van der Waals surface area (Å²) >= 11 is 0. The molecule has 0 aliphatic rings. The molecule has 6 heteroatoms. The van der Waals surface area contributed by atoms with Crippen LogP contribution in [0, 0.1) is 0 Å². The van der Waals surface area contributed by atoms with Crippen LogP contribution in [0.1, 0.15) is 42.8 Å². The van der Waals surface area contributed by atoms with Crippen LogP contribution in [-0.2, 0) is 0 Å². The number of rotatable bonds is 8. The third-order valence-corrected chi connectivity index (χ3v) is 3.80. The van der Waals surface area contributed by atoms with Crippen molar-refractivity contribution in [2.24, 2.45) is 0 Å². The number of carbonyl (C=O) groups excluding carboxylic acids is 1. The third-order valence-electron chi connectivity index (χ3n) is 3.80. The molecule has 2 rings (SSSR count).